The molecule has 0 unspecified atom stereocenters. The van der Waals surface area contributed by atoms with E-state index >= 15 is 0 Å². The van der Waals surface area contributed by atoms with Gasteiger partial charge in [-0.3, -0.25) is 4.68 Å². The Labute approximate surface area is 137 Å². The van der Waals surface area contributed by atoms with Crippen molar-refractivity contribution in [3.05, 3.63) is 30.6 Å². The zero-order chi connectivity index (χ0) is 15.9. The second kappa shape index (κ2) is 5.64. The van der Waals surface area contributed by atoms with Crippen molar-refractivity contribution in [1.29, 1.82) is 0 Å². The van der Waals surface area contributed by atoms with Crippen LogP contribution in [0.5, 0.6) is 0 Å². The van der Waals surface area contributed by atoms with E-state index in [2.05, 4.69) is 46.6 Å². The lowest BCUT2D eigenvalue weighted by Gasteiger charge is -2.61. The summed E-state index contributed by atoms with van der Waals surface area (Å²) in [4.78, 5) is 4.34. The lowest BCUT2D eigenvalue weighted by Crippen LogP contribution is -2.64. The highest BCUT2D eigenvalue weighted by Crippen LogP contribution is 2.58. The molecule has 122 valence electrons. The summed E-state index contributed by atoms with van der Waals surface area (Å²) >= 11 is 0. The number of ether oxygens (including phenoxy) is 1. The first-order valence-corrected chi connectivity index (χ1v) is 8.55. The van der Waals surface area contributed by atoms with Gasteiger partial charge in [-0.1, -0.05) is 18.6 Å². The fourth-order valence-corrected chi connectivity index (χ4v) is 4.06. The Morgan fingerprint density at radius 2 is 2.26 bits per heavy atom. The molecule has 2 aliphatic carbocycles. The van der Waals surface area contributed by atoms with Crippen LogP contribution in [0.4, 0.5) is 5.69 Å². The van der Waals surface area contributed by atoms with Crippen LogP contribution in [0.1, 0.15) is 32.6 Å². The van der Waals surface area contributed by atoms with Crippen LogP contribution in [0.15, 0.2) is 30.6 Å². The first-order valence-electron chi connectivity index (χ1n) is 8.55. The van der Waals surface area contributed by atoms with E-state index in [-0.39, 0.29) is 0 Å². The Kier molecular flexibility index (Phi) is 3.60. The number of nitrogens with zero attached hydrogens (tertiary/aromatic N) is 3. The molecule has 4 rings (SSSR count). The molecule has 1 aromatic carbocycles. The summed E-state index contributed by atoms with van der Waals surface area (Å²) in [6, 6.07) is 8.94. The molecule has 1 aromatic heterocycles. The predicted octanol–water partition coefficient (Wildman–Crippen LogP) is 3.24. The molecule has 1 heterocycles. The Hall–Kier alpha value is -1.88. The van der Waals surface area contributed by atoms with E-state index < -0.39 is 0 Å². The minimum Gasteiger partial charge on any atom is -0.382 e. The number of benzene rings is 1. The van der Waals surface area contributed by atoms with Crippen molar-refractivity contribution in [2.24, 2.45) is 12.5 Å². The molecule has 2 aliphatic rings. The second-order valence-electron chi connectivity index (χ2n) is 6.79. The summed E-state index contributed by atoms with van der Waals surface area (Å²) in [5, 5.41) is 8.12. The number of anilines is 1. The Bertz CT molecular complexity index is 692. The van der Waals surface area contributed by atoms with Crippen LogP contribution in [-0.4, -0.2) is 33.5 Å². The van der Waals surface area contributed by atoms with E-state index in [0.717, 1.165) is 30.1 Å². The van der Waals surface area contributed by atoms with Crippen molar-refractivity contribution in [3.63, 3.8) is 0 Å². The first-order chi connectivity index (χ1) is 11.2. The number of hydrogen-bond acceptors (Lipinski definition) is 4. The van der Waals surface area contributed by atoms with Crippen LogP contribution in [0.3, 0.4) is 0 Å². The maximum atomic E-state index is 5.94. The van der Waals surface area contributed by atoms with Crippen LogP contribution in [0.2, 0.25) is 0 Å². The molecule has 2 aromatic rings. The number of aryl methyl sites for hydroxylation is 1. The van der Waals surface area contributed by atoms with Crippen molar-refractivity contribution in [2.45, 2.75) is 44.8 Å². The molecule has 0 radical (unpaired) electrons. The van der Waals surface area contributed by atoms with Gasteiger partial charge < -0.3 is 10.1 Å². The zero-order valence-corrected chi connectivity index (χ0v) is 13.8. The molecule has 0 aliphatic heterocycles. The van der Waals surface area contributed by atoms with Crippen molar-refractivity contribution in [3.8, 4) is 11.4 Å². The molecular formula is C18H24N4O. The van der Waals surface area contributed by atoms with Crippen LogP contribution in [-0.2, 0) is 11.8 Å². The minimum absolute atomic E-state index is 0.370. The highest BCUT2D eigenvalue weighted by Gasteiger charge is 2.58. The van der Waals surface area contributed by atoms with Crippen molar-refractivity contribution >= 4 is 5.69 Å². The van der Waals surface area contributed by atoms with Gasteiger partial charge in [-0.2, -0.15) is 5.10 Å². The van der Waals surface area contributed by atoms with E-state index in [9.17, 15) is 0 Å². The smallest absolute Gasteiger partial charge is 0.181 e. The highest BCUT2D eigenvalue weighted by atomic mass is 16.5. The fourth-order valence-electron chi connectivity index (χ4n) is 4.06. The van der Waals surface area contributed by atoms with E-state index in [1.165, 1.54) is 19.3 Å². The third kappa shape index (κ3) is 2.43. The molecule has 5 nitrogen and oxygen atoms in total. The average molecular weight is 312 g/mol. The number of hydrogen-bond donors (Lipinski definition) is 1. The van der Waals surface area contributed by atoms with Gasteiger partial charge in [-0.05, 0) is 38.3 Å². The van der Waals surface area contributed by atoms with Gasteiger partial charge in [0.15, 0.2) is 5.82 Å². The molecule has 1 N–H and O–H groups in total. The SMILES string of the molecule is CCO[C@H]1C[C@@H](Nc2cccc(-c3ncn(C)n3)c2)C12CCC2. The second-order valence-corrected chi connectivity index (χ2v) is 6.79. The van der Waals surface area contributed by atoms with Crippen LogP contribution >= 0.6 is 0 Å². The summed E-state index contributed by atoms with van der Waals surface area (Å²) < 4.78 is 7.67. The molecule has 2 atom stereocenters. The Morgan fingerprint density at radius 3 is 2.91 bits per heavy atom. The molecule has 5 heteroatoms. The van der Waals surface area contributed by atoms with Gasteiger partial charge in [0.05, 0.1) is 6.10 Å². The molecule has 1 spiro atoms. The molecule has 0 bridgehead atoms. The summed E-state index contributed by atoms with van der Waals surface area (Å²) in [7, 11) is 1.89. The van der Waals surface area contributed by atoms with Gasteiger partial charge >= 0.3 is 0 Å². The molecule has 23 heavy (non-hydrogen) atoms. The van der Waals surface area contributed by atoms with Crippen LogP contribution in [0, 0.1) is 5.41 Å². The van der Waals surface area contributed by atoms with Crippen LogP contribution in [0.25, 0.3) is 11.4 Å². The van der Waals surface area contributed by atoms with Crippen LogP contribution < -0.4 is 5.32 Å². The van der Waals surface area contributed by atoms with E-state index in [0.29, 0.717) is 17.6 Å². The van der Waals surface area contributed by atoms with E-state index in [4.69, 9.17) is 4.74 Å². The van der Waals surface area contributed by atoms with Crippen molar-refractivity contribution < 1.29 is 4.74 Å². The first kappa shape index (κ1) is 14.7. The zero-order valence-electron chi connectivity index (χ0n) is 13.8. The van der Waals surface area contributed by atoms with Gasteiger partial charge in [0.2, 0.25) is 0 Å². The van der Waals surface area contributed by atoms with Gasteiger partial charge in [-0.25, -0.2) is 4.98 Å². The molecule has 0 amide bonds. The quantitative estimate of drug-likeness (QED) is 0.921. The summed E-state index contributed by atoms with van der Waals surface area (Å²) in [5.41, 5.74) is 2.58. The standard InChI is InChI=1S/C18H24N4O/c1-3-23-16-11-15(18(16)8-5-9-18)20-14-7-4-6-13(10-14)17-19-12-22(2)21-17/h4,6-7,10,12,15-16,20H,3,5,8-9,11H2,1-2H3/t15-,16+/m1/s1. The minimum atomic E-state index is 0.370. The van der Waals surface area contributed by atoms with E-state index in [1.807, 2.05) is 7.05 Å². The fraction of sp³-hybridized carbons (Fsp3) is 0.556. The third-order valence-corrected chi connectivity index (χ3v) is 5.50. The highest BCUT2D eigenvalue weighted by molar-refractivity contribution is 5.62. The largest absolute Gasteiger partial charge is 0.382 e. The normalized spacial score (nSPS) is 25.0. The van der Waals surface area contributed by atoms with Gasteiger partial charge in [0, 0.05) is 36.4 Å². The average Bonchev–Trinajstić information content (AvgIpc) is 2.91. The van der Waals surface area contributed by atoms with Crippen molar-refractivity contribution in [2.75, 3.05) is 11.9 Å². The number of rotatable bonds is 5. The van der Waals surface area contributed by atoms with E-state index in [1.54, 1.807) is 11.0 Å². The number of nitrogens with one attached hydrogen (secondary N) is 1. The molecular weight excluding hydrogens is 288 g/mol. The van der Waals surface area contributed by atoms with Gasteiger partial charge in [0.1, 0.15) is 6.33 Å². The maximum absolute atomic E-state index is 5.94. The number of aromatic nitrogens is 3. The monoisotopic (exact) mass is 312 g/mol. The summed E-state index contributed by atoms with van der Waals surface area (Å²) in [6.45, 7) is 2.91. The van der Waals surface area contributed by atoms with Gasteiger partial charge in [-0.15, -0.1) is 0 Å². The maximum Gasteiger partial charge on any atom is 0.181 e. The lowest BCUT2D eigenvalue weighted by atomic mass is 9.51. The third-order valence-electron chi connectivity index (χ3n) is 5.50. The lowest BCUT2D eigenvalue weighted by molar-refractivity contribution is -0.157. The summed E-state index contributed by atoms with van der Waals surface area (Å²) in [5.74, 6) is 0.773. The Morgan fingerprint density at radius 1 is 1.39 bits per heavy atom. The predicted molar refractivity (Wildman–Crippen MR) is 90.2 cm³/mol. The summed E-state index contributed by atoms with van der Waals surface area (Å²) in [6.07, 6.45) is 7.20. The topological polar surface area (TPSA) is 52.0 Å². The Balaban J connectivity index is 1.49. The molecule has 2 fully saturated rings. The van der Waals surface area contributed by atoms with Crippen molar-refractivity contribution in [1.82, 2.24) is 14.8 Å². The van der Waals surface area contributed by atoms with Gasteiger partial charge in [0.25, 0.3) is 0 Å². The molecule has 0 saturated heterocycles. The molecule has 2 saturated carbocycles.